The molecule has 1 aliphatic carbocycles. The van der Waals surface area contributed by atoms with Gasteiger partial charge in [0.2, 0.25) is 0 Å². The molecule has 4 aromatic rings. The van der Waals surface area contributed by atoms with E-state index in [-0.39, 0.29) is 5.91 Å². The molecule has 0 radical (unpaired) electrons. The number of imidazole rings is 1. The fraction of sp³-hybridized carbons (Fsp3) is 0.400. The Morgan fingerprint density at radius 1 is 0.853 bits per heavy atom. The summed E-state index contributed by atoms with van der Waals surface area (Å²) in [6, 6.07) is 21.2. The average molecular weight is 452 g/mol. The summed E-state index contributed by atoms with van der Waals surface area (Å²) in [6.07, 6.45) is 10.00. The van der Waals surface area contributed by atoms with E-state index in [1.807, 2.05) is 11.0 Å². The van der Waals surface area contributed by atoms with E-state index in [0.29, 0.717) is 5.92 Å². The minimum Gasteiger partial charge on any atom is -0.339 e. The Morgan fingerprint density at radius 2 is 1.62 bits per heavy atom. The lowest BCUT2D eigenvalue weighted by Gasteiger charge is -2.27. The molecule has 2 heterocycles. The Morgan fingerprint density at radius 3 is 2.47 bits per heavy atom. The minimum atomic E-state index is 0.165. The smallest absolute Gasteiger partial charge is 0.253 e. The molecule has 174 valence electrons. The van der Waals surface area contributed by atoms with Gasteiger partial charge in [-0.05, 0) is 67.0 Å². The maximum Gasteiger partial charge on any atom is 0.253 e. The lowest BCUT2D eigenvalue weighted by molar-refractivity contribution is 0.0724. The van der Waals surface area contributed by atoms with Gasteiger partial charge >= 0.3 is 0 Å². The molecule has 0 atom stereocenters. The third-order valence-electron chi connectivity index (χ3n) is 7.83. The highest BCUT2D eigenvalue weighted by Crippen LogP contribution is 2.34. The molecule has 2 fully saturated rings. The van der Waals surface area contributed by atoms with Crippen molar-refractivity contribution in [2.45, 2.75) is 57.9 Å². The van der Waals surface area contributed by atoms with E-state index in [4.69, 9.17) is 4.98 Å². The summed E-state index contributed by atoms with van der Waals surface area (Å²) < 4.78 is 2.42. The predicted octanol–water partition coefficient (Wildman–Crippen LogP) is 7.06. The van der Waals surface area contributed by atoms with E-state index in [9.17, 15) is 4.79 Å². The number of amides is 1. The number of hydrogen-bond donors (Lipinski definition) is 0. The molecule has 3 aromatic carbocycles. The molecule has 1 aromatic heterocycles. The van der Waals surface area contributed by atoms with Gasteiger partial charge in [0.25, 0.3) is 5.91 Å². The highest BCUT2D eigenvalue weighted by Gasteiger charge is 2.23. The van der Waals surface area contributed by atoms with E-state index < -0.39 is 0 Å². The number of piperidine rings is 1. The van der Waals surface area contributed by atoms with Crippen molar-refractivity contribution in [3.05, 3.63) is 66.2 Å². The molecule has 0 N–H and O–H groups in total. The van der Waals surface area contributed by atoms with Gasteiger partial charge < -0.3 is 9.47 Å². The van der Waals surface area contributed by atoms with Crippen molar-refractivity contribution in [2.24, 2.45) is 5.92 Å². The van der Waals surface area contributed by atoms with Crippen LogP contribution in [0.5, 0.6) is 0 Å². The summed E-state index contributed by atoms with van der Waals surface area (Å²) >= 11 is 0. The fourth-order valence-electron chi connectivity index (χ4n) is 5.97. The number of carbonyl (C=O) groups is 1. The number of hydrogen-bond acceptors (Lipinski definition) is 2. The van der Waals surface area contributed by atoms with E-state index >= 15 is 0 Å². The standard InChI is InChI=1S/C30H33N3O/c34-30(32-18-7-2-8-19-32)24-16-17-27-28(20-24)33(21-22-10-3-1-4-11-22)29(31-27)26-15-9-13-23-12-5-6-14-25(23)26/h5-6,9,12-17,20,22H,1-4,7-8,10-11,18-19,21H2. The van der Waals surface area contributed by atoms with Crippen LogP contribution < -0.4 is 0 Å². The normalized spacial score (nSPS) is 17.5. The molecule has 4 heteroatoms. The summed E-state index contributed by atoms with van der Waals surface area (Å²) in [5.41, 5.74) is 4.04. The molecule has 2 aliphatic rings. The van der Waals surface area contributed by atoms with Crippen molar-refractivity contribution >= 4 is 27.7 Å². The Labute approximate surface area is 201 Å². The molecule has 0 unspecified atom stereocenters. The van der Waals surface area contributed by atoms with Gasteiger partial charge in [-0.1, -0.05) is 61.7 Å². The number of likely N-dealkylation sites (tertiary alicyclic amines) is 1. The maximum atomic E-state index is 13.3. The summed E-state index contributed by atoms with van der Waals surface area (Å²) in [5.74, 6) is 1.86. The van der Waals surface area contributed by atoms with Crippen LogP contribution >= 0.6 is 0 Å². The van der Waals surface area contributed by atoms with E-state index in [2.05, 4.69) is 59.2 Å². The van der Waals surface area contributed by atoms with Gasteiger partial charge in [-0.2, -0.15) is 0 Å². The number of carbonyl (C=O) groups excluding carboxylic acids is 1. The number of nitrogens with zero attached hydrogens (tertiary/aromatic N) is 3. The first-order valence-corrected chi connectivity index (χ1v) is 13.1. The molecule has 4 nitrogen and oxygen atoms in total. The lowest BCUT2D eigenvalue weighted by Crippen LogP contribution is -2.35. The van der Waals surface area contributed by atoms with Crippen molar-refractivity contribution in [1.29, 1.82) is 0 Å². The lowest BCUT2D eigenvalue weighted by atomic mass is 9.89. The topological polar surface area (TPSA) is 38.1 Å². The summed E-state index contributed by atoms with van der Waals surface area (Å²) in [7, 11) is 0. The van der Waals surface area contributed by atoms with Crippen LogP contribution in [0, 0.1) is 5.92 Å². The van der Waals surface area contributed by atoms with Gasteiger partial charge in [0.05, 0.1) is 11.0 Å². The predicted molar refractivity (Wildman–Crippen MR) is 139 cm³/mol. The van der Waals surface area contributed by atoms with Crippen molar-refractivity contribution in [3.8, 4) is 11.4 Å². The fourth-order valence-corrected chi connectivity index (χ4v) is 5.97. The third kappa shape index (κ3) is 4.00. The van der Waals surface area contributed by atoms with Gasteiger partial charge in [-0.25, -0.2) is 4.98 Å². The maximum absolute atomic E-state index is 13.3. The number of benzene rings is 3. The van der Waals surface area contributed by atoms with Crippen LogP contribution in [0.1, 0.15) is 61.7 Å². The second-order valence-corrected chi connectivity index (χ2v) is 10.1. The second-order valence-electron chi connectivity index (χ2n) is 10.1. The zero-order chi connectivity index (χ0) is 22.9. The van der Waals surface area contributed by atoms with E-state index in [1.165, 1.54) is 54.9 Å². The first kappa shape index (κ1) is 21.4. The average Bonchev–Trinajstić information content (AvgIpc) is 3.26. The van der Waals surface area contributed by atoms with Gasteiger partial charge in [-0.15, -0.1) is 0 Å². The molecule has 1 saturated heterocycles. The van der Waals surface area contributed by atoms with E-state index in [0.717, 1.165) is 54.9 Å². The molecule has 0 spiro atoms. The molecular formula is C30H33N3O. The zero-order valence-corrected chi connectivity index (χ0v) is 19.9. The van der Waals surface area contributed by atoms with Crippen molar-refractivity contribution in [1.82, 2.24) is 14.5 Å². The van der Waals surface area contributed by atoms with Crippen LogP contribution in [0.4, 0.5) is 0 Å². The van der Waals surface area contributed by atoms with Crippen molar-refractivity contribution < 1.29 is 4.79 Å². The highest BCUT2D eigenvalue weighted by atomic mass is 16.2. The van der Waals surface area contributed by atoms with Crippen LogP contribution in [-0.2, 0) is 6.54 Å². The Balaban J connectivity index is 1.48. The Hall–Kier alpha value is -3.14. The highest BCUT2D eigenvalue weighted by molar-refractivity contribution is 6.00. The van der Waals surface area contributed by atoms with Crippen LogP contribution in [0.25, 0.3) is 33.2 Å². The first-order valence-electron chi connectivity index (χ1n) is 13.1. The van der Waals surface area contributed by atoms with Crippen LogP contribution in [0.15, 0.2) is 60.7 Å². The molecule has 1 aliphatic heterocycles. The minimum absolute atomic E-state index is 0.165. The first-order chi connectivity index (χ1) is 16.8. The monoisotopic (exact) mass is 451 g/mol. The molecular weight excluding hydrogens is 418 g/mol. The zero-order valence-electron chi connectivity index (χ0n) is 19.9. The number of rotatable bonds is 4. The van der Waals surface area contributed by atoms with Gasteiger partial charge in [0.15, 0.2) is 0 Å². The van der Waals surface area contributed by atoms with Gasteiger partial charge in [0, 0.05) is 30.8 Å². The Kier molecular flexibility index (Phi) is 5.82. The Bertz CT molecular complexity index is 1320. The van der Waals surface area contributed by atoms with Crippen molar-refractivity contribution in [2.75, 3.05) is 13.1 Å². The summed E-state index contributed by atoms with van der Waals surface area (Å²) in [6.45, 7) is 2.72. The van der Waals surface area contributed by atoms with Gasteiger partial charge in [-0.3, -0.25) is 4.79 Å². The van der Waals surface area contributed by atoms with Crippen LogP contribution in [0.2, 0.25) is 0 Å². The molecule has 0 bridgehead atoms. The second kappa shape index (κ2) is 9.25. The molecule has 1 saturated carbocycles. The summed E-state index contributed by atoms with van der Waals surface area (Å²) in [4.78, 5) is 20.5. The van der Waals surface area contributed by atoms with Crippen molar-refractivity contribution in [3.63, 3.8) is 0 Å². The molecule has 1 amide bonds. The summed E-state index contributed by atoms with van der Waals surface area (Å²) in [5, 5.41) is 2.46. The van der Waals surface area contributed by atoms with Gasteiger partial charge in [0.1, 0.15) is 5.82 Å². The molecule has 6 rings (SSSR count). The quantitative estimate of drug-likeness (QED) is 0.333. The third-order valence-corrected chi connectivity index (χ3v) is 7.83. The number of aromatic nitrogens is 2. The largest absolute Gasteiger partial charge is 0.339 e. The number of fused-ring (bicyclic) bond motifs is 2. The van der Waals surface area contributed by atoms with E-state index in [1.54, 1.807) is 0 Å². The SMILES string of the molecule is O=C(c1ccc2nc(-c3cccc4ccccc34)n(CC3CCCCC3)c2c1)N1CCCCC1. The van der Waals surface area contributed by atoms with Crippen LogP contribution in [-0.4, -0.2) is 33.4 Å². The van der Waals surface area contributed by atoms with Crippen LogP contribution in [0.3, 0.4) is 0 Å². The molecule has 34 heavy (non-hydrogen) atoms.